The van der Waals surface area contributed by atoms with Gasteiger partial charge in [-0.1, -0.05) is 99.4 Å². The van der Waals surface area contributed by atoms with E-state index in [0.717, 1.165) is 35.1 Å². The molecule has 2 heteroatoms. The molecule has 1 aliphatic carbocycles. The van der Waals surface area contributed by atoms with Crippen LogP contribution in [0, 0.1) is 17.7 Å². The zero-order valence-corrected chi connectivity index (χ0v) is 21.3. The molecule has 0 saturated heterocycles. The van der Waals surface area contributed by atoms with Gasteiger partial charge in [0, 0.05) is 5.56 Å². The molecule has 3 aromatic rings. The molecule has 184 valence electrons. The monoisotopic (exact) mass is 470 g/mol. The number of aryl methyl sites for hydroxylation is 1. The van der Waals surface area contributed by atoms with Gasteiger partial charge in [0.25, 0.3) is 0 Å². The minimum atomic E-state index is -0.136. The van der Waals surface area contributed by atoms with Crippen LogP contribution in [0.25, 0.3) is 12.2 Å². The van der Waals surface area contributed by atoms with Gasteiger partial charge in [0.2, 0.25) is 0 Å². The van der Waals surface area contributed by atoms with E-state index < -0.39 is 0 Å². The molecule has 0 bridgehead atoms. The molecule has 0 N–H and O–H groups in total. The van der Waals surface area contributed by atoms with Gasteiger partial charge in [0.05, 0.1) is 6.61 Å². The second-order valence-corrected chi connectivity index (χ2v) is 10.2. The number of rotatable bonds is 10. The molecular formula is C33H39FO. The van der Waals surface area contributed by atoms with E-state index in [0.29, 0.717) is 18.1 Å². The molecule has 0 radical (unpaired) electrons. The van der Waals surface area contributed by atoms with Crippen LogP contribution in [0.1, 0.15) is 80.5 Å². The van der Waals surface area contributed by atoms with Crippen molar-refractivity contribution >= 4 is 12.2 Å². The second-order valence-electron chi connectivity index (χ2n) is 10.2. The third kappa shape index (κ3) is 7.56. The molecule has 1 atom stereocenters. The standard InChI is InChI=1S/C33H39FO/c1-3-35-32-21-17-27(18-22-32)15-19-31-20-16-29(24-33(31)34)14-11-26-9-12-28(13-10-26)23-25(2)30-7-5-4-6-8-30/h4-8,15-22,24-26,28H,3,9-14,23H2,1-2H3/b19-15+. The highest BCUT2D eigenvalue weighted by molar-refractivity contribution is 5.70. The fraction of sp³-hybridized carbons (Fsp3) is 0.394. The predicted octanol–water partition coefficient (Wildman–Crippen LogP) is 9.33. The van der Waals surface area contributed by atoms with E-state index in [2.05, 4.69) is 43.3 Å². The van der Waals surface area contributed by atoms with Gasteiger partial charge in [-0.2, -0.15) is 0 Å². The van der Waals surface area contributed by atoms with Crippen LogP contribution in [0.2, 0.25) is 0 Å². The molecular weight excluding hydrogens is 431 g/mol. The Kier molecular flexibility index (Phi) is 9.17. The van der Waals surface area contributed by atoms with Crippen molar-refractivity contribution in [3.8, 4) is 5.75 Å². The number of hydrogen-bond acceptors (Lipinski definition) is 1. The van der Waals surface area contributed by atoms with E-state index in [1.165, 1.54) is 44.1 Å². The topological polar surface area (TPSA) is 9.23 Å². The lowest BCUT2D eigenvalue weighted by atomic mass is 9.75. The fourth-order valence-corrected chi connectivity index (χ4v) is 5.43. The van der Waals surface area contributed by atoms with Gasteiger partial charge in [-0.05, 0) is 78.8 Å². The summed E-state index contributed by atoms with van der Waals surface area (Å²) in [6.45, 7) is 4.99. The molecule has 0 aliphatic heterocycles. The summed E-state index contributed by atoms with van der Waals surface area (Å²) in [5.41, 5.74) is 4.25. The lowest BCUT2D eigenvalue weighted by Gasteiger charge is -2.30. The Morgan fingerprint density at radius 2 is 1.60 bits per heavy atom. The first-order chi connectivity index (χ1) is 17.1. The van der Waals surface area contributed by atoms with Gasteiger partial charge < -0.3 is 4.74 Å². The van der Waals surface area contributed by atoms with E-state index >= 15 is 0 Å². The van der Waals surface area contributed by atoms with Crippen LogP contribution in [-0.4, -0.2) is 6.61 Å². The van der Waals surface area contributed by atoms with Crippen LogP contribution < -0.4 is 4.74 Å². The Balaban J connectivity index is 1.22. The van der Waals surface area contributed by atoms with Gasteiger partial charge in [0.1, 0.15) is 11.6 Å². The van der Waals surface area contributed by atoms with E-state index in [4.69, 9.17) is 4.74 Å². The fourth-order valence-electron chi connectivity index (χ4n) is 5.43. The summed E-state index contributed by atoms with van der Waals surface area (Å²) in [7, 11) is 0. The van der Waals surface area contributed by atoms with E-state index in [1.807, 2.05) is 49.4 Å². The molecule has 0 amide bonds. The van der Waals surface area contributed by atoms with Crippen molar-refractivity contribution in [3.05, 3.63) is 101 Å². The highest BCUT2D eigenvalue weighted by atomic mass is 19.1. The third-order valence-corrected chi connectivity index (χ3v) is 7.57. The maximum Gasteiger partial charge on any atom is 0.130 e. The first-order valence-corrected chi connectivity index (χ1v) is 13.3. The van der Waals surface area contributed by atoms with Crippen molar-refractivity contribution in [3.63, 3.8) is 0 Å². The minimum Gasteiger partial charge on any atom is -0.494 e. The van der Waals surface area contributed by atoms with Crippen molar-refractivity contribution in [1.82, 2.24) is 0 Å². The van der Waals surface area contributed by atoms with Gasteiger partial charge in [-0.3, -0.25) is 0 Å². The summed E-state index contributed by atoms with van der Waals surface area (Å²) >= 11 is 0. The molecule has 35 heavy (non-hydrogen) atoms. The number of ether oxygens (including phenoxy) is 1. The van der Waals surface area contributed by atoms with E-state index in [9.17, 15) is 4.39 Å². The summed E-state index contributed by atoms with van der Waals surface area (Å²) in [5, 5.41) is 0. The lowest BCUT2D eigenvalue weighted by Crippen LogP contribution is -2.17. The van der Waals surface area contributed by atoms with Gasteiger partial charge in [-0.15, -0.1) is 0 Å². The Labute approximate surface area is 211 Å². The van der Waals surface area contributed by atoms with Gasteiger partial charge in [-0.25, -0.2) is 4.39 Å². The molecule has 1 saturated carbocycles. The second kappa shape index (κ2) is 12.7. The average molecular weight is 471 g/mol. The average Bonchev–Trinajstić information content (AvgIpc) is 2.89. The Morgan fingerprint density at radius 1 is 0.886 bits per heavy atom. The van der Waals surface area contributed by atoms with Gasteiger partial charge in [0.15, 0.2) is 0 Å². The first-order valence-electron chi connectivity index (χ1n) is 13.3. The van der Waals surface area contributed by atoms with Crippen LogP contribution in [0.15, 0.2) is 72.8 Å². The first kappa shape index (κ1) is 25.2. The largest absolute Gasteiger partial charge is 0.494 e. The molecule has 0 heterocycles. The van der Waals surface area contributed by atoms with Crippen LogP contribution in [0.4, 0.5) is 4.39 Å². The summed E-state index contributed by atoms with van der Waals surface area (Å²) in [4.78, 5) is 0. The van der Waals surface area contributed by atoms with E-state index in [1.54, 1.807) is 6.07 Å². The lowest BCUT2D eigenvalue weighted by molar-refractivity contribution is 0.245. The molecule has 3 aromatic carbocycles. The maximum absolute atomic E-state index is 14.7. The highest BCUT2D eigenvalue weighted by Crippen LogP contribution is 2.37. The Bertz CT molecular complexity index is 1060. The molecule has 1 unspecified atom stereocenters. The van der Waals surface area contributed by atoms with Crippen LogP contribution in [-0.2, 0) is 6.42 Å². The van der Waals surface area contributed by atoms with Crippen molar-refractivity contribution in [2.24, 2.45) is 11.8 Å². The predicted molar refractivity (Wildman–Crippen MR) is 146 cm³/mol. The Hall–Kier alpha value is -2.87. The maximum atomic E-state index is 14.7. The molecule has 0 spiro atoms. The molecule has 0 aromatic heterocycles. The number of benzene rings is 3. The van der Waals surface area contributed by atoms with Crippen LogP contribution in [0.3, 0.4) is 0 Å². The molecule has 1 fully saturated rings. The zero-order valence-electron chi connectivity index (χ0n) is 21.3. The third-order valence-electron chi connectivity index (χ3n) is 7.57. The smallest absolute Gasteiger partial charge is 0.130 e. The summed E-state index contributed by atoms with van der Waals surface area (Å²) in [6, 6.07) is 24.5. The molecule has 4 rings (SSSR count). The minimum absolute atomic E-state index is 0.136. The number of hydrogen-bond donors (Lipinski definition) is 0. The van der Waals surface area contributed by atoms with Crippen LogP contribution in [0.5, 0.6) is 5.75 Å². The van der Waals surface area contributed by atoms with Crippen molar-refractivity contribution < 1.29 is 9.13 Å². The SMILES string of the molecule is CCOc1ccc(/C=C/c2ccc(CCC3CCC(CC(C)c4ccccc4)CC3)cc2F)cc1. The Morgan fingerprint density at radius 3 is 2.29 bits per heavy atom. The van der Waals surface area contributed by atoms with Crippen molar-refractivity contribution in [2.45, 2.75) is 64.7 Å². The molecule has 1 nitrogen and oxygen atoms in total. The van der Waals surface area contributed by atoms with E-state index in [-0.39, 0.29) is 5.82 Å². The number of halogens is 1. The van der Waals surface area contributed by atoms with Crippen LogP contribution >= 0.6 is 0 Å². The summed E-state index contributed by atoms with van der Waals surface area (Å²) < 4.78 is 20.2. The zero-order chi connectivity index (χ0) is 24.5. The van der Waals surface area contributed by atoms with Gasteiger partial charge >= 0.3 is 0 Å². The van der Waals surface area contributed by atoms with Crippen molar-refractivity contribution in [2.75, 3.05) is 6.61 Å². The summed E-state index contributed by atoms with van der Waals surface area (Å²) in [6.07, 6.45) is 12.6. The highest BCUT2D eigenvalue weighted by Gasteiger charge is 2.23. The van der Waals surface area contributed by atoms with Crippen molar-refractivity contribution in [1.29, 1.82) is 0 Å². The normalized spacial score (nSPS) is 19.1. The quantitative estimate of drug-likeness (QED) is 0.268. The summed E-state index contributed by atoms with van der Waals surface area (Å²) in [5.74, 6) is 2.99. The molecule has 1 aliphatic rings.